The third-order valence-corrected chi connectivity index (χ3v) is 2.29. The topological polar surface area (TPSA) is 96.7 Å². The molecule has 2 aromatic heterocycles. The minimum Gasteiger partial charge on any atom is -0.467 e. The fraction of sp³-hybridized carbons (Fsp3) is 0.273. The number of hydrogen-bond donors (Lipinski definition) is 1. The van der Waals surface area contributed by atoms with Crippen LogP contribution in [0.4, 0.5) is 0 Å². The Morgan fingerprint density at radius 3 is 3.17 bits per heavy atom. The van der Waals surface area contributed by atoms with Gasteiger partial charge in [-0.05, 0) is 19.1 Å². The molecule has 2 heterocycles. The van der Waals surface area contributed by atoms with E-state index in [0.29, 0.717) is 5.76 Å². The Balaban J connectivity index is 1.91. The van der Waals surface area contributed by atoms with E-state index in [4.69, 9.17) is 9.68 Å². The molecule has 0 radical (unpaired) electrons. The van der Waals surface area contributed by atoms with E-state index in [1.165, 1.54) is 11.0 Å². The van der Waals surface area contributed by atoms with Gasteiger partial charge in [-0.2, -0.15) is 5.26 Å². The molecule has 0 aromatic carbocycles. The normalized spacial score (nSPS) is 11.8. The molecule has 0 bridgehead atoms. The summed E-state index contributed by atoms with van der Waals surface area (Å²) in [7, 11) is 0. The largest absolute Gasteiger partial charge is 0.467 e. The van der Waals surface area contributed by atoms with Crippen LogP contribution >= 0.6 is 0 Å². The van der Waals surface area contributed by atoms with Crippen molar-refractivity contribution >= 4 is 5.91 Å². The summed E-state index contributed by atoms with van der Waals surface area (Å²) in [4.78, 5) is 15.4. The van der Waals surface area contributed by atoms with Gasteiger partial charge in [-0.15, -0.1) is 5.10 Å². The fourth-order valence-corrected chi connectivity index (χ4v) is 1.47. The predicted octanol–water partition coefficient (Wildman–Crippen LogP) is 0.620. The van der Waals surface area contributed by atoms with Crippen LogP contribution in [-0.4, -0.2) is 20.7 Å². The van der Waals surface area contributed by atoms with E-state index in [-0.39, 0.29) is 24.3 Å². The number of furan rings is 1. The number of nitrogens with zero attached hydrogens (tertiary/aromatic N) is 4. The first-order chi connectivity index (χ1) is 8.69. The quantitative estimate of drug-likeness (QED) is 0.851. The number of rotatable bonds is 4. The fourth-order valence-electron chi connectivity index (χ4n) is 1.47. The summed E-state index contributed by atoms with van der Waals surface area (Å²) in [5, 5.41) is 15.1. The van der Waals surface area contributed by atoms with Crippen molar-refractivity contribution in [3.63, 3.8) is 0 Å². The van der Waals surface area contributed by atoms with E-state index >= 15 is 0 Å². The second-order valence-corrected chi connectivity index (χ2v) is 3.68. The Hall–Kier alpha value is -2.62. The lowest BCUT2D eigenvalue weighted by molar-refractivity contribution is -0.122. The molecule has 7 heteroatoms. The highest BCUT2D eigenvalue weighted by atomic mass is 16.3. The van der Waals surface area contributed by atoms with Crippen LogP contribution in [-0.2, 0) is 11.3 Å². The summed E-state index contributed by atoms with van der Waals surface area (Å²) in [5.41, 5.74) is 0. The summed E-state index contributed by atoms with van der Waals surface area (Å²) in [5.74, 6) is 0.495. The summed E-state index contributed by atoms with van der Waals surface area (Å²) < 4.78 is 6.48. The Kier molecular flexibility index (Phi) is 3.38. The lowest BCUT2D eigenvalue weighted by atomic mass is 10.2. The first-order valence-corrected chi connectivity index (χ1v) is 5.31. The molecule has 0 spiro atoms. The molecule has 0 saturated heterocycles. The van der Waals surface area contributed by atoms with Gasteiger partial charge in [0.1, 0.15) is 24.7 Å². The monoisotopic (exact) mass is 245 g/mol. The Bertz CT molecular complexity index is 567. The minimum absolute atomic E-state index is 0.0136. The molecule has 1 amide bonds. The van der Waals surface area contributed by atoms with E-state index < -0.39 is 0 Å². The molecule has 0 saturated carbocycles. The molecule has 2 aromatic rings. The average Bonchev–Trinajstić information content (AvgIpc) is 2.98. The summed E-state index contributed by atoms with van der Waals surface area (Å²) in [6.45, 7) is 1.83. The van der Waals surface area contributed by atoms with Gasteiger partial charge in [-0.25, -0.2) is 9.67 Å². The third-order valence-electron chi connectivity index (χ3n) is 2.29. The van der Waals surface area contributed by atoms with Crippen molar-refractivity contribution in [3.8, 4) is 6.07 Å². The maximum Gasteiger partial charge on any atom is 0.252 e. The molecule has 1 atom stereocenters. The van der Waals surface area contributed by atoms with Gasteiger partial charge in [-0.1, -0.05) is 0 Å². The molecule has 92 valence electrons. The zero-order valence-electron chi connectivity index (χ0n) is 9.70. The zero-order valence-corrected chi connectivity index (χ0v) is 9.70. The second-order valence-electron chi connectivity index (χ2n) is 3.68. The minimum atomic E-state index is -0.228. The molecule has 7 nitrogen and oxygen atoms in total. The van der Waals surface area contributed by atoms with Gasteiger partial charge >= 0.3 is 0 Å². The lowest BCUT2D eigenvalue weighted by Gasteiger charge is -2.10. The number of carbonyl (C=O) groups is 1. The van der Waals surface area contributed by atoms with Crippen LogP contribution in [0.15, 0.2) is 29.1 Å². The smallest absolute Gasteiger partial charge is 0.252 e. The van der Waals surface area contributed by atoms with Crippen molar-refractivity contribution in [1.82, 2.24) is 20.1 Å². The van der Waals surface area contributed by atoms with Crippen LogP contribution in [0, 0.1) is 11.3 Å². The first-order valence-electron chi connectivity index (χ1n) is 5.31. The van der Waals surface area contributed by atoms with Gasteiger partial charge in [-0.3, -0.25) is 4.79 Å². The molecule has 18 heavy (non-hydrogen) atoms. The maximum absolute atomic E-state index is 11.7. The van der Waals surface area contributed by atoms with Crippen LogP contribution in [0.2, 0.25) is 0 Å². The Morgan fingerprint density at radius 1 is 1.72 bits per heavy atom. The van der Waals surface area contributed by atoms with Gasteiger partial charge in [0.15, 0.2) is 0 Å². The number of aromatic nitrogens is 3. The van der Waals surface area contributed by atoms with Crippen molar-refractivity contribution in [2.24, 2.45) is 0 Å². The number of amides is 1. The summed E-state index contributed by atoms with van der Waals surface area (Å²) in [6, 6.07) is 5.12. The van der Waals surface area contributed by atoms with Crippen molar-refractivity contribution in [2.75, 3.05) is 0 Å². The van der Waals surface area contributed by atoms with Crippen molar-refractivity contribution < 1.29 is 9.21 Å². The Morgan fingerprint density at radius 2 is 2.56 bits per heavy atom. The van der Waals surface area contributed by atoms with Crippen molar-refractivity contribution in [1.29, 1.82) is 5.26 Å². The van der Waals surface area contributed by atoms with Crippen LogP contribution < -0.4 is 5.32 Å². The molecule has 0 fully saturated rings. The third kappa shape index (κ3) is 2.74. The van der Waals surface area contributed by atoms with Gasteiger partial charge in [0.2, 0.25) is 5.91 Å². The molecular weight excluding hydrogens is 234 g/mol. The van der Waals surface area contributed by atoms with Crippen LogP contribution in [0.1, 0.15) is 24.6 Å². The maximum atomic E-state index is 11.7. The van der Waals surface area contributed by atoms with Crippen LogP contribution in [0.3, 0.4) is 0 Å². The van der Waals surface area contributed by atoms with E-state index in [1.807, 2.05) is 6.92 Å². The zero-order chi connectivity index (χ0) is 13.0. The average molecular weight is 245 g/mol. The van der Waals surface area contributed by atoms with E-state index in [2.05, 4.69) is 15.4 Å². The standard InChI is InChI=1S/C11H11N5O2/c1-8(9-3-2-4-18-9)14-11(17)6-16-7-13-10(5-12)15-16/h2-4,7-8H,6H2,1H3,(H,14,17)/t8-/m1/s1. The van der Waals surface area contributed by atoms with Crippen LogP contribution in [0.25, 0.3) is 0 Å². The van der Waals surface area contributed by atoms with E-state index in [9.17, 15) is 4.79 Å². The van der Waals surface area contributed by atoms with Gasteiger partial charge in [0.05, 0.1) is 12.3 Å². The molecule has 1 N–H and O–H groups in total. The highest BCUT2D eigenvalue weighted by Crippen LogP contribution is 2.11. The highest BCUT2D eigenvalue weighted by Gasteiger charge is 2.12. The number of hydrogen-bond acceptors (Lipinski definition) is 5. The molecule has 0 aliphatic heterocycles. The molecule has 2 rings (SSSR count). The SMILES string of the molecule is C[C@@H](NC(=O)Cn1cnc(C#N)n1)c1ccco1. The highest BCUT2D eigenvalue weighted by molar-refractivity contribution is 5.75. The number of nitrogens with one attached hydrogen (secondary N) is 1. The predicted molar refractivity (Wildman–Crippen MR) is 60.0 cm³/mol. The van der Waals surface area contributed by atoms with Gasteiger partial charge < -0.3 is 9.73 Å². The number of nitriles is 1. The molecule has 0 aliphatic rings. The lowest BCUT2D eigenvalue weighted by Crippen LogP contribution is -2.30. The van der Waals surface area contributed by atoms with E-state index in [1.54, 1.807) is 24.5 Å². The van der Waals surface area contributed by atoms with E-state index in [0.717, 1.165) is 0 Å². The van der Waals surface area contributed by atoms with Crippen molar-refractivity contribution in [3.05, 3.63) is 36.3 Å². The molecule has 0 unspecified atom stereocenters. The first kappa shape index (κ1) is 11.9. The van der Waals surface area contributed by atoms with Crippen LogP contribution in [0.5, 0.6) is 0 Å². The van der Waals surface area contributed by atoms with Gasteiger partial charge in [0, 0.05) is 0 Å². The molecule has 0 aliphatic carbocycles. The summed E-state index contributed by atoms with van der Waals surface area (Å²) >= 11 is 0. The second kappa shape index (κ2) is 5.14. The Labute approximate surface area is 103 Å². The van der Waals surface area contributed by atoms with Gasteiger partial charge in [0.25, 0.3) is 5.82 Å². The molecular formula is C11H11N5O2. The summed E-state index contributed by atoms with van der Waals surface area (Å²) in [6.07, 6.45) is 2.89. The number of carbonyl (C=O) groups excluding carboxylic acids is 1. The van der Waals surface area contributed by atoms with Crippen molar-refractivity contribution in [2.45, 2.75) is 19.5 Å².